The van der Waals surface area contributed by atoms with Gasteiger partial charge in [0.05, 0.1) is 19.3 Å². The Hall–Kier alpha value is -1.95. The predicted octanol–water partition coefficient (Wildman–Crippen LogP) is 2.66. The molecule has 1 aliphatic heterocycles. The normalized spacial score (nSPS) is 16.4. The zero-order valence-electron chi connectivity index (χ0n) is 14.0. The van der Waals surface area contributed by atoms with Gasteiger partial charge in [-0.3, -0.25) is 14.7 Å². The van der Waals surface area contributed by atoms with Gasteiger partial charge in [0, 0.05) is 43.5 Å². The number of morpholine rings is 1. The number of benzene rings is 1. The van der Waals surface area contributed by atoms with Gasteiger partial charge in [0.25, 0.3) is 0 Å². The van der Waals surface area contributed by atoms with Crippen molar-refractivity contribution in [3.05, 3.63) is 64.9 Å². The number of ether oxygens (including phenoxy) is 1. The number of carbonyl (C=O) groups excluding carboxylic acids is 1. The van der Waals surface area contributed by atoms with Crippen LogP contribution in [0.2, 0.25) is 5.02 Å². The summed E-state index contributed by atoms with van der Waals surface area (Å²) in [5, 5.41) is 3.82. The fraction of sp³-hybridized carbons (Fsp3) is 0.368. The molecule has 132 valence electrons. The predicted molar refractivity (Wildman–Crippen MR) is 97.6 cm³/mol. The summed E-state index contributed by atoms with van der Waals surface area (Å²) in [5.74, 6) is 0.0308. The van der Waals surface area contributed by atoms with Gasteiger partial charge in [-0.1, -0.05) is 23.7 Å². The maximum Gasteiger partial charge on any atom is 0.222 e. The van der Waals surface area contributed by atoms with Crippen LogP contribution in [-0.2, 0) is 9.53 Å². The molecule has 1 N–H and O–H groups in total. The van der Waals surface area contributed by atoms with Crippen LogP contribution in [0, 0.1) is 0 Å². The first kappa shape index (κ1) is 17.9. The summed E-state index contributed by atoms with van der Waals surface area (Å²) >= 11 is 5.99. The molecule has 0 unspecified atom stereocenters. The lowest BCUT2D eigenvalue weighted by atomic mass is 9.99. The average Bonchev–Trinajstić information content (AvgIpc) is 2.67. The van der Waals surface area contributed by atoms with Gasteiger partial charge in [0.1, 0.15) is 0 Å². The van der Waals surface area contributed by atoms with Crippen LogP contribution in [0.25, 0.3) is 0 Å². The van der Waals surface area contributed by atoms with Crippen LogP contribution in [0.3, 0.4) is 0 Å². The summed E-state index contributed by atoms with van der Waals surface area (Å²) in [6, 6.07) is 11.2. The van der Waals surface area contributed by atoms with Gasteiger partial charge in [-0.05, 0) is 35.4 Å². The van der Waals surface area contributed by atoms with Gasteiger partial charge in [0.15, 0.2) is 0 Å². The molecule has 2 aromatic rings. The minimum atomic E-state index is -0.211. The molecule has 0 aliphatic carbocycles. The van der Waals surface area contributed by atoms with Crippen LogP contribution in [0.5, 0.6) is 0 Å². The van der Waals surface area contributed by atoms with E-state index in [9.17, 15) is 4.79 Å². The molecule has 3 rings (SSSR count). The molecule has 0 saturated carbocycles. The minimum Gasteiger partial charge on any atom is -0.379 e. The van der Waals surface area contributed by atoms with Crippen LogP contribution in [0.4, 0.5) is 0 Å². The number of carbonyl (C=O) groups is 1. The molecule has 1 aromatic carbocycles. The third-order valence-corrected chi connectivity index (χ3v) is 4.56. The summed E-state index contributed by atoms with van der Waals surface area (Å²) in [6.07, 6.45) is 3.94. The lowest BCUT2D eigenvalue weighted by molar-refractivity contribution is -0.122. The quantitative estimate of drug-likeness (QED) is 0.861. The van der Waals surface area contributed by atoms with Gasteiger partial charge in [-0.15, -0.1) is 0 Å². The van der Waals surface area contributed by atoms with Crippen molar-refractivity contribution in [1.29, 1.82) is 0 Å². The lowest BCUT2D eigenvalue weighted by Crippen LogP contribution is -2.39. The summed E-state index contributed by atoms with van der Waals surface area (Å²) < 4.78 is 5.34. The first-order valence-electron chi connectivity index (χ1n) is 8.47. The molecule has 2 heterocycles. The molecule has 1 aromatic heterocycles. The summed E-state index contributed by atoms with van der Waals surface area (Å²) in [5.41, 5.74) is 1.99. The molecule has 1 atom stereocenters. The molecular weight excluding hydrogens is 338 g/mol. The first-order valence-corrected chi connectivity index (χ1v) is 8.85. The Kier molecular flexibility index (Phi) is 6.39. The van der Waals surface area contributed by atoms with Gasteiger partial charge in [-0.25, -0.2) is 0 Å². The van der Waals surface area contributed by atoms with Crippen molar-refractivity contribution in [3.63, 3.8) is 0 Å². The summed E-state index contributed by atoms with van der Waals surface area (Å²) in [6.45, 7) is 4.01. The van der Waals surface area contributed by atoms with E-state index in [1.54, 1.807) is 12.4 Å². The Bertz CT molecular complexity index is 673. The lowest BCUT2D eigenvalue weighted by Gasteiger charge is -2.26. The highest BCUT2D eigenvalue weighted by atomic mass is 35.5. The number of halogens is 1. The molecule has 5 nitrogen and oxygen atoms in total. The Morgan fingerprint density at radius 2 is 1.76 bits per heavy atom. The second-order valence-corrected chi connectivity index (χ2v) is 6.47. The van der Waals surface area contributed by atoms with Crippen molar-refractivity contribution in [2.45, 2.75) is 12.5 Å². The molecule has 1 amide bonds. The monoisotopic (exact) mass is 359 g/mol. The van der Waals surface area contributed by atoms with Gasteiger partial charge in [-0.2, -0.15) is 0 Å². The second-order valence-electron chi connectivity index (χ2n) is 6.04. The maximum absolute atomic E-state index is 12.5. The number of hydrogen-bond acceptors (Lipinski definition) is 4. The standard InChI is InChI=1S/C19H22ClN3O2/c20-17-3-1-15(2-4-17)19(16-5-8-21-9-6-16)22-18(24)7-10-23-11-13-25-14-12-23/h1-6,8-9,19H,7,10-14H2,(H,22,24)/t19-/m0/s1. The van der Waals surface area contributed by atoms with Crippen molar-refractivity contribution < 1.29 is 9.53 Å². The second kappa shape index (κ2) is 8.94. The van der Waals surface area contributed by atoms with E-state index in [4.69, 9.17) is 16.3 Å². The number of aromatic nitrogens is 1. The molecule has 1 fully saturated rings. The third-order valence-electron chi connectivity index (χ3n) is 4.31. The average molecular weight is 360 g/mol. The van der Waals surface area contributed by atoms with Gasteiger partial charge >= 0.3 is 0 Å². The van der Waals surface area contributed by atoms with Crippen molar-refractivity contribution in [2.75, 3.05) is 32.8 Å². The Labute approximate surface area is 153 Å². The number of rotatable bonds is 6. The van der Waals surface area contributed by atoms with Gasteiger partial charge in [0.2, 0.25) is 5.91 Å². The Balaban J connectivity index is 1.66. The van der Waals surface area contributed by atoms with E-state index in [1.165, 1.54) is 0 Å². The number of nitrogens with one attached hydrogen (secondary N) is 1. The molecule has 1 saturated heterocycles. The van der Waals surface area contributed by atoms with Crippen molar-refractivity contribution in [2.24, 2.45) is 0 Å². The van der Waals surface area contributed by atoms with Crippen LogP contribution in [0.15, 0.2) is 48.8 Å². The Morgan fingerprint density at radius 3 is 2.44 bits per heavy atom. The molecule has 0 bridgehead atoms. The van der Waals surface area contributed by atoms with E-state index in [2.05, 4.69) is 15.2 Å². The van der Waals surface area contributed by atoms with E-state index in [-0.39, 0.29) is 11.9 Å². The van der Waals surface area contributed by atoms with Crippen LogP contribution < -0.4 is 5.32 Å². The van der Waals surface area contributed by atoms with Crippen molar-refractivity contribution >= 4 is 17.5 Å². The maximum atomic E-state index is 12.5. The Morgan fingerprint density at radius 1 is 1.12 bits per heavy atom. The number of hydrogen-bond donors (Lipinski definition) is 1. The van der Waals surface area contributed by atoms with E-state index in [1.807, 2.05) is 36.4 Å². The largest absolute Gasteiger partial charge is 0.379 e. The minimum absolute atomic E-state index is 0.0308. The molecule has 25 heavy (non-hydrogen) atoms. The van der Waals surface area contributed by atoms with E-state index >= 15 is 0 Å². The smallest absolute Gasteiger partial charge is 0.222 e. The topological polar surface area (TPSA) is 54.5 Å². The van der Waals surface area contributed by atoms with E-state index in [0.29, 0.717) is 11.4 Å². The molecule has 6 heteroatoms. The highest BCUT2D eigenvalue weighted by Crippen LogP contribution is 2.23. The van der Waals surface area contributed by atoms with E-state index in [0.717, 1.165) is 44.0 Å². The van der Waals surface area contributed by atoms with Gasteiger partial charge < -0.3 is 10.1 Å². The fourth-order valence-electron chi connectivity index (χ4n) is 2.89. The third kappa shape index (κ3) is 5.26. The molecule has 0 radical (unpaired) electrons. The highest BCUT2D eigenvalue weighted by Gasteiger charge is 2.18. The summed E-state index contributed by atoms with van der Waals surface area (Å²) in [7, 11) is 0. The number of amides is 1. The molecular formula is C19H22ClN3O2. The molecule has 0 spiro atoms. The van der Waals surface area contributed by atoms with E-state index < -0.39 is 0 Å². The fourth-order valence-corrected chi connectivity index (χ4v) is 3.01. The highest BCUT2D eigenvalue weighted by molar-refractivity contribution is 6.30. The zero-order valence-corrected chi connectivity index (χ0v) is 14.8. The SMILES string of the molecule is O=C(CCN1CCOCC1)N[C@H](c1ccncc1)c1ccc(Cl)cc1. The van der Waals surface area contributed by atoms with Crippen molar-refractivity contribution in [1.82, 2.24) is 15.2 Å². The molecule has 1 aliphatic rings. The number of pyridine rings is 1. The zero-order chi connectivity index (χ0) is 17.5. The van der Waals surface area contributed by atoms with Crippen LogP contribution in [-0.4, -0.2) is 48.6 Å². The summed E-state index contributed by atoms with van der Waals surface area (Å²) in [4.78, 5) is 18.8. The van der Waals surface area contributed by atoms with Crippen molar-refractivity contribution in [3.8, 4) is 0 Å². The first-order chi connectivity index (χ1) is 12.2. The van der Waals surface area contributed by atoms with Crippen LogP contribution in [0.1, 0.15) is 23.6 Å². The van der Waals surface area contributed by atoms with Crippen LogP contribution >= 0.6 is 11.6 Å². The number of nitrogens with zero attached hydrogens (tertiary/aromatic N) is 2.